The Morgan fingerprint density at radius 1 is 0.565 bits per heavy atom. The topological polar surface area (TPSA) is 98.4 Å². The number of unbranched alkanes of at least 4 members (excludes halogenated alkanes) is 2. The van der Waals surface area contributed by atoms with Crippen LogP contribution in [0, 0.1) is 50.7 Å². The summed E-state index contributed by atoms with van der Waals surface area (Å²) in [7, 11) is 0. The molecule has 0 N–H and O–H groups in total. The van der Waals surface area contributed by atoms with E-state index in [1.807, 2.05) is 30.3 Å². The second kappa shape index (κ2) is 20.6. The monoisotopic (exact) mass is 929 g/mol. The van der Waals surface area contributed by atoms with Crippen molar-refractivity contribution >= 4 is 44.9 Å². The van der Waals surface area contributed by atoms with Crippen LogP contribution in [-0.4, -0.2) is 13.1 Å². The molecule has 6 heteroatoms. The third kappa shape index (κ3) is 11.0. The number of hydrogen-bond donors (Lipinski definition) is 0. The summed E-state index contributed by atoms with van der Waals surface area (Å²) < 4.78 is 0. The Hall–Kier alpha value is -6.57. The van der Waals surface area contributed by atoms with Gasteiger partial charge in [-0.05, 0) is 125 Å². The van der Waals surface area contributed by atoms with Crippen LogP contribution in [0.15, 0.2) is 108 Å². The summed E-state index contributed by atoms with van der Waals surface area (Å²) in [5.74, 6) is 0. The van der Waals surface area contributed by atoms with Gasteiger partial charge in [-0.15, -0.1) is 11.3 Å². The third-order valence-corrected chi connectivity index (χ3v) is 14.4. The van der Waals surface area contributed by atoms with Crippen molar-refractivity contribution in [3.8, 4) is 35.4 Å². The number of nitrogens with zero attached hydrogens (tertiary/aromatic N) is 5. The molecule has 352 valence electrons. The van der Waals surface area contributed by atoms with Crippen molar-refractivity contribution in [3.05, 3.63) is 157 Å². The van der Waals surface area contributed by atoms with Crippen molar-refractivity contribution in [2.75, 3.05) is 18.0 Å². The minimum Gasteiger partial charge on any atom is -0.372 e. The number of fused-ring (bicyclic) bond motifs is 2. The van der Waals surface area contributed by atoms with E-state index in [-0.39, 0.29) is 44.0 Å². The van der Waals surface area contributed by atoms with E-state index >= 15 is 0 Å². The predicted octanol–water partition coefficient (Wildman–Crippen LogP) is 17.1. The van der Waals surface area contributed by atoms with Crippen LogP contribution >= 0.6 is 11.3 Å². The van der Waals surface area contributed by atoms with Gasteiger partial charge >= 0.3 is 0 Å². The Bertz CT molecular complexity index is 2980. The van der Waals surface area contributed by atoms with Gasteiger partial charge in [0.1, 0.15) is 35.4 Å². The maximum atomic E-state index is 10.7. The number of hydrogen-bond acceptors (Lipinski definition) is 6. The molecule has 1 heterocycles. The van der Waals surface area contributed by atoms with Gasteiger partial charge in [0, 0.05) is 68.4 Å². The molecule has 0 aliphatic heterocycles. The van der Waals surface area contributed by atoms with Crippen LogP contribution in [-0.2, 0) is 16.2 Å². The second-order valence-electron chi connectivity index (χ2n) is 22.6. The molecule has 3 aromatic rings. The molecule has 2 aromatic carbocycles. The highest BCUT2D eigenvalue weighted by Gasteiger charge is 2.35. The van der Waals surface area contributed by atoms with Gasteiger partial charge in [0.25, 0.3) is 0 Å². The quantitative estimate of drug-likeness (QED) is 0.0705. The van der Waals surface area contributed by atoms with Crippen molar-refractivity contribution in [2.24, 2.45) is 5.41 Å². The SMILES string of the molecule is CCCCN(CCCC)c1ccc(C(=C(C#N)C#N)C(=C(C#N)C#N)c2ccc(/C(=C3/C=C(C(C)(C)C)c4cc[c+](C(C)(C)C)ccc43)c3cc(C(C)(C)C)c4ccc(C(C)(C)C)ccc3-4)s2)cc1. The van der Waals surface area contributed by atoms with Crippen LogP contribution in [0.25, 0.3) is 39.0 Å². The highest BCUT2D eigenvalue weighted by molar-refractivity contribution is 7.14. The molecule has 0 saturated heterocycles. The fraction of sp³-hybridized carbons (Fsp3) is 0.381. The first-order valence-corrected chi connectivity index (χ1v) is 25.4. The number of nitriles is 4. The van der Waals surface area contributed by atoms with Gasteiger partial charge in [0.2, 0.25) is 0 Å². The molecule has 0 saturated carbocycles. The number of rotatable bonds is 12. The summed E-state index contributed by atoms with van der Waals surface area (Å²) in [6.45, 7) is 33.4. The largest absolute Gasteiger partial charge is 0.372 e. The van der Waals surface area contributed by atoms with Gasteiger partial charge in [-0.1, -0.05) is 125 Å². The molecule has 0 atom stereocenters. The number of anilines is 1. The third-order valence-electron chi connectivity index (χ3n) is 13.3. The zero-order chi connectivity index (χ0) is 50.6. The van der Waals surface area contributed by atoms with Crippen molar-refractivity contribution in [3.63, 3.8) is 0 Å². The van der Waals surface area contributed by atoms with Crippen molar-refractivity contribution < 1.29 is 0 Å². The summed E-state index contributed by atoms with van der Waals surface area (Å²) in [6.07, 6.45) is 6.66. The minimum absolute atomic E-state index is 0.0700. The van der Waals surface area contributed by atoms with Crippen LogP contribution < -0.4 is 4.90 Å². The van der Waals surface area contributed by atoms with E-state index in [1.54, 1.807) is 0 Å². The molecule has 0 bridgehead atoms. The summed E-state index contributed by atoms with van der Waals surface area (Å²) in [4.78, 5) is 3.95. The minimum atomic E-state index is -0.190. The molecular formula is C63H70N5S+. The standard InChI is InChI=1S/C63H70N5S/c1-15-17-33-68(34-18-16-2)46-25-19-41(20-26-46)57(42(37-64)38-65)58(43(39-66)40-67)55-31-32-56(69-55)59(51-35-53(62(9,10)11)49-29-23-44(60(3,4)5)21-27-47(49)51)52-36-54(63(12,13)14)50-30-24-45(61(6,7)8)22-28-48(50)52/h19-32,35-36H,15-18,33-34H2,1-14H3/q+1/b59-51-. The van der Waals surface area contributed by atoms with E-state index < -0.39 is 0 Å². The number of thiophene rings is 1. The van der Waals surface area contributed by atoms with Gasteiger partial charge in [0.05, 0.1) is 28.8 Å². The first kappa shape index (κ1) is 51.8. The van der Waals surface area contributed by atoms with Crippen molar-refractivity contribution in [1.82, 2.24) is 0 Å². The summed E-state index contributed by atoms with van der Waals surface area (Å²) in [5, 5.41) is 42.6. The van der Waals surface area contributed by atoms with Crippen LogP contribution in [0.1, 0.15) is 171 Å². The highest BCUT2D eigenvalue weighted by Crippen LogP contribution is 2.53. The Kier molecular flexibility index (Phi) is 15.4. The Morgan fingerprint density at radius 2 is 1.10 bits per heavy atom. The lowest BCUT2D eigenvalue weighted by atomic mass is 9.83. The van der Waals surface area contributed by atoms with Gasteiger partial charge in [-0.3, -0.25) is 0 Å². The van der Waals surface area contributed by atoms with E-state index in [4.69, 9.17) is 0 Å². The molecule has 6 rings (SSSR count). The molecule has 0 spiro atoms. The molecule has 0 unspecified atom stereocenters. The van der Waals surface area contributed by atoms with E-state index in [2.05, 4.69) is 193 Å². The fourth-order valence-electron chi connectivity index (χ4n) is 9.34. The average Bonchev–Trinajstić information content (AvgIpc) is 3.90. The number of benzene rings is 1. The number of allylic oxidation sites excluding steroid dienone is 7. The van der Waals surface area contributed by atoms with Crippen LogP contribution in [0.2, 0.25) is 0 Å². The zero-order valence-corrected chi connectivity index (χ0v) is 44.4. The van der Waals surface area contributed by atoms with Gasteiger partial charge in [-0.25, -0.2) is 0 Å². The Morgan fingerprint density at radius 3 is 1.61 bits per heavy atom. The smallest absolute Gasteiger partial charge is 0.138 e. The lowest BCUT2D eigenvalue weighted by molar-refractivity contribution is 0.568. The van der Waals surface area contributed by atoms with Crippen molar-refractivity contribution in [1.29, 1.82) is 21.0 Å². The predicted molar refractivity (Wildman–Crippen MR) is 292 cm³/mol. The molecule has 3 aliphatic rings. The molecule has 5 nitrogen and oxygen atoms in total. The summed E-state index contributed by atoms with van der Waals surface area (Å²) >= 11 is 1.49. The zero-order valence-electron chi connectivity index (χ0n) is 43.6. The average molecular weight is 929 g/mol. The Balaban J connectivity index is 1.73. The van der Waals surface area contributed by atoms with E-state index in [9.17, 15) is 21.0 Å². The molecule has 1 aromatic heterocycles. The van der Waals surface area contributed by atoms with Gasteiger partial charge < -0.3 is 4.90 Å². The molecule has 0 fully saturated rings. The molecule has 69 heavy (non-hydrogen) atoms. The lowest BCUT2D eigenvalue weighted by Gasteiger charge is -2.25. The first-order valence-electron chi connectivity index (χ1n) is 24.6. The van der Waals surface area contributed by atoms with Crippen LogP contribution in [0.3, 0.4) is 0 Å². The molecule has 0 radical (unpaired) electrons. The van der Waals surface area contributed by atoms with Gasteiger partial charge in [0.15, 0.2) is 0 Å². The summed E-state index contributed by atoms with van der Waals surface area (Å²) in [5.41, 5.74) is 14.2. The maximum absolute atomic E-state index is 10.7. The van der Waals surface area contributed by atoms with E-state index in [1.165, 1.54) is 44.7 Å². The van der Waals surface area contributed by atoms with E-state index in [0.717, 1.165) is 77.2 Å². The Labute approximate surface area is 418 Å². The van der Waals surface area contributed by atoms with Gasteiger partial charge in [-0.2, -0.15) is 21.0 Å². The van der Waals surface area contributed by atoms with Crippen LogP contribution in [0.4, 0.5) is 5.69 Å². The lowest BCUT2D eigenvalue weighted by Crippen LogP contribution is -2.25. The van der Waals surface area contributed by atoms with Crippen molar-refractivity contribution in [2.45, 2.75) is 139 Å². The second-order valence-corrected chi connectivity index (χ2v) is 23.7. The fourth-order valence-corrected chi connectivity index (χ4v) is 10.5. The maximum Gasteiger partial charge on any atom is 0.138 e. The first-order chi connectivity index (χ1) is 32.5. The highest BCUT2D eigenvalue weighted by atomic mass is 32.1. The normalized spacial score (nSPS) is 13.3. The summed E-state index contributed by atoms with van der Waals surface area (Å²) in [6, 6.07) is 41.2. The molecule has 3 aliphatic carbocycles. The molecule has 0 amide bonds. The van der Waals surface area contributed by atoms with Crippen LogP contribution in [0.5, 0.6) is 0 Å². The molecular weight excluding hydrogens is 859 g/mol. The van der Waals surface area contributed by atoms with E-state index in [0.29, 0.717) is 10.4 Å².